The van der Waals surface area contributed by atoms with Gasteiger partial charge in [-0.15, -0.1) is 0 Å². The second kappa shape index (κ2) is 8.12. The normalized spacial score (nSPS) is 14.4. The molecule has 0 bridgehead atoms. The molecule has 0 saturated heterocycles. The molecule has 2 heterocycles. The van der Waals surface area contributed by atoms with Crippen molar-refractivity contribution in [3.05, 3.63) is 40.8 Å². The quantitative estimate of drug-likeness (QED) is 0.610. The first-order valence-electron chi connectivity index (χ1n) is 8.84. The molecule has 2 aromatic rings. The Balaban J connectivity index is 1.46. The summed E-state index contributed by atoms with van der Waals surface area (Å²) in [6.45, 7) is 7.91. The van der Waals surface area contributed by atoms with E-state index >= 15 is 0 Å². The van der Waals surface area contributed by atoms with Crippen LogP contribution in [0.3, 0.4) is 0 Å². The van der Waals surface area contributed by atoms with Crippen molar-refractivity contribution < 1.29 is 14.0 Å². The van der Waals surface area contributed by atoms with E-state index in [0.29, 0.717) is 6.79 Å². The number of aliphatic imine (C=N–C) groups is 1. The van der Waals surface area contributed by atoms with Crippen LogP contribution in [0.4, 0.5) is 0 Å². The lowest BCUT2D eigenvalue weighted by molar-refractivity contribution is 0.174. The van der Waals surface area contributed by atoms with Gasteiger partial charge in [-0.3, -0.25) is 4.99 Å². The molecule has 1 atom stereocenters. The monoisotopic (exact) mass is 358 g/mol. The predicted molar refractivity (Wildman–Crippen MR) is 100 cm³/mol. The Hall–Kier alpha value is -2.70. The smallest absolute Gasteiger partial charge is 0.231 e. The topological polar surface area (TPSA) is 80.9 Å². The Bertz CT molecular complexity index is 766. The molecule has 0 aliphatic carbocycles. The number of hydrogen-bond acceptors (Lipinski definition) is 5. The van der Waals surface area contributed by atoms with Crippen molar-refractivity contribution in [2.75, 3.05) is 26.9 Å². The molecular formula is C19H26N4O3. The van der Waals surface area contributed by atoms with Gasteiger partial charge in [0, 0.05) is 31.6 Å². The molecule has 1 aliphatic heterocycles. The third kappa shape index (κ3) is 4.09. The maximum Gasteiger partial charge on any atom is 0.231 e. The average molecular weight is 358 g/mol. The molecule has 140 valence electrons. The van der Waals surface area contributed by atoms with E-state index in [1.165, 1.54) is 5.56 Å². The fourth-order valence-corrected chi connectivity index (χ4v) is 3.19. The number of nitrogens with zero attached hydrogens (tertiary/aromatic N) is 2. The summed E-state index contributed by atoms with van der Waals surface area (Å²) in [5.74, 6) is 3.58. The number of hydrogen-bond donors (Lipinski definition) is 2. The van der Waals surface area contributed by atoms with Crippen molar-refractivity contribution in [2.45, 2.75) is 33.1 Å². The highest BCUT2D eigenvalue weighted by molar-refractivity contribution is 5.79. The van der Waals surface area contributed by atoms with E-state index in [2.05, 4.69) is 33.8 Å². The fraction of sp³-hybridized carbons (Fsp3) is 0.474. The van der Waals surface area contributed by atoms with Gasteiger partial charge in [0.15, 0.2) is 17.5 Å². The SMILES string of the molecule is CN=C(NCCc1ccc2c(c1)OCO2)NCC(C)c1c(C)noc1C. The Kier molecular flexibility index (Phi) is 5.65. The van der Waals surface area contributed by atoms with Gasteiger partial charge in [0.2, 0.25) is 6.79 Å². The molecule has 1 aromatic carbocycles. The first-order valence-corrected chi connectivity index (χ1v) is 8.84. The van der Waals surface area contributed by atoms with Crippen LogP contribution in [0.15, 0.2) is 27.7 Å². The van der Waals surface area contributed by atoms with Crippen LogP contribution < -0.4 is 20.1 Å². The number of rotatable bonds is 6. The minimum atomic E-state index is 0.286. The van der Waals surface area contributed by atoms with Crippen molar-refractivity contribution in [1.82, 2.24) is 15.8 Å². The summed E-state index contributed by atoms with van der Waals surface area (Å²) in [6.07, 6.45) is 0.872. The van der Waals surface area contributed by atoms with Gasteiger partial charge in [0.05, 0.1) is 5.69 Å². The van der Waals surface area contributed by atoms with Crippen LogP contribution in [0.25, 0.3) is 0 Å². The zero-order chi connectivity index (χ0) is 18.5. The summed E-state index contributed by atoms with van der Waals surface area (Å²) >= 11 is 0. The Morgan fingerprint density at radius 3 is 2.77 bits per heavy atom. The van der Waals surface area contributed by atoms with E-state index in [-0.39, 0.29) is 5.92 Å². The van der Waals surface area contributed by atoms with E-state index in [0.717, 1.165) is 54.0 Å². The van der Waals surface area contributed by atoms with Gasteiger partial charge in [-0.05, 0) is 38.0 Å². The molecule has 26 heavy (non-hydrogen) atoms. The lowest BCUT2D eigenvalue weighted by Gasteiger charge is -2.16. The molecule has 3 rings (SSSR count). The first-order chi connectivity index (χ1) is 12.6. The molecule has 0 spiro atoms. The second-order valence-corrected chi connectivity index (χ2v) is 6.46. The van der Waals surface area contributed by atoms with Crippen LogP contribution in [-0.2, 0) is 6.42 Å². The molecule has 1 aliphatic rings. The van der Waals surface area contributed by atoms with Crippen LogP contribution in [0.1, 0.15) is 35.4 Å². The second-order valence-electron chi connectivity index (χ2n) is 6.46. The highest BCUT2D eigenvalue weighted by atomic mass is 16.7. The Labute approximate surface area is 153 Å². The molecule has 7 heteroatoms. The van der Waals surface area contributed by atoms with Gasteiger partial charge in [-0.25, -0.2) is 0 Å². The van der Waals surface area contributed by atoms with E-state index < -0.39 is 0 Å². The average Bonchev–Trinajstić information content (AvgIpc) is 3.23. The van der Waals surface area contributed by atoms with Gasteiger partial charge in [0.1, 0.15) is 5.76 Å². The lowest BCUT2D eigenvalue weighted by Crippen LogP contribution is -2.40. The standard InChI is InChI=1S/C19H26N4O3/c1-12(18-13(2)23-26-14(18)3)10-22-19(20-4)21-8-7-15-5-6-16-17(9-15)25-11-24-16/h5-6,9,12H,7-8,10-11H2,1-4H3,(H2,20,21,22). The van der Waals surface area contributed by atoms with Gasteiger partial charge in [0.25, 0.3) is 0 Å². The van der Waals surface area contributed by atoms with Gasteiger partial charge < -0.3 is 24.6 Å². The number of guanidine groups is 1. The highest BCUT2D eigenvalue weighted by Gasteiger charge is 2.17. The van der Waals surface area contributed by atoms with Gasteiger partial charge in [-0.2, -0.15) is 0 Å². The number of fused-ring (bicyclic) bond motifs is 1. The summed E-state index contributed by atoms with van der Waals surface area (Å²) in [7, 11) is 1.77. The zero-order valence-electron chi connectivity index (χ0n) is 15.8. The third-order valence-electron chi connectivity index (χ3n) is 4.52. The van der Waals surface area contributed by atoms with Crippen LogP contribution >= 0.6 is 0 Å². The van der Waals surface area contributed by atoms with E-state index in [1.807, 2.05) is 26.0 Å². The molecule has 1 unspecified atom stereocenters. The predicted octanol–water partition coefficient (Wildman–Crippen LogP) is 2.53. The molecular weight excluding hydrogens is 332 g/mol. The Morgan fingerprint density at radius 2 is 2.04 bits per heavy atom. The van der Waals surface area contributed by atoms with Crippen molar-refractivity contribution in [3.63, 3.8) is 0 Å². The van der Waals surface area contributed by atoms with Crippen molar-refractivity contribution >= 4 is 5.96 Å². The molecule has 2 N–H and O–H groups in total. The van der Waals surface area contributed by atoms with Crippen molar-refractivity contribution in [2.24, 2.45) is 4.99 Å². The molecule has 0 radical (unpaired) electrons. The van der Waals surface area contributed by atoms with Crippen LogP contribution in [0, 0.1) is 13.8 Å². The van der Waals surface area contributed by atoms with Gasteiger partial charge >= 0.3 is 0 Å². The molecule has 0 amide bonds. The first kappa shape index (κ1) is 18.1. The molecule has 7 nitrogen and oxygen atoms in total. The highest BCUT2D eigenvalue weighted by Crippen LogP contribution is 2.32. The lowest BCUT2D eigenvalue weighted by atomic mass is 10.00. The maximum atomic E-state index is 5.42. The Morgan fingerprint density at radius 1 is 1.23 bits per heavy atom. The number of aromatic nitrogens is 1. The van der Waals surface area contributed by atoms with Crippen molar-refractivity contribution in [3.8, 4) is 11.5 Å². The van der Waals surface area contributed by atoms with E-state index in [1.54, 1.807) is 7.05 Å². The maximum absolute atomic E-state index is 5.42. The zero-order valence-corrected chi connectivity index (χ0v) is 15.8. The van der Waals surface area contributed by atoms with E-state index in [4.69, 9.17) is 14.0 Å². The summed E-state index contributed by atoms with van der Waals surface area (Å²) in [5, 5.41) is 10.7. The summed E-state index contributed by atoms with van der Waals surface area (Å²) < 4.78 is 16.0. The van der Waals surface area contributed by atoms with Crippen LogP contribution in [-0.4, -0.2) is 38.0 Å². The number of aryl methyl sites for hydroxylation is 2. The van der Waals surface area contributed by atoms with Crippen LogP contribution in [0.2, 0.25) is 0 Å². The minimum Gasteiger partial charge on any atom is -0.454 e. The van der Waals surface area contributed by atoms with Crippen LogP contribution in [0.5, 0.6) is 11.5 Å². The summed E-state index contributed by atoms with van der Waals surface area (Å²) in [4.78, 5) is 4.29. The number of ether oxygens (including phenoxy) is 2. The molecule has 0 fully saturated rings. The summed E-state index contributed by atoms with van der Waals surface area (Å²) in [6, 6.07) is 6.04. The molecule has 0 saturated carbocycles. The number of benzene rings is 1. The minimum absolute atomic E-state index is 0.286. The van der Waals surface area contributed by atoms with Crippen molar-refractivity contribution in [1.29, 1.82) is 0 Å². The number of nitrogens with one attached hydrogen (secondary N) is 2. The fourth-order valence-electron chi connectivity index (χ4n) is 3.19. The van der Waals surface area contributed by atoms with Gasteiger partial charge in [-0.1, -0.05) is 18.1 Å². The van der Waals surface area contributed by atoms with E-state index in [9.17, 15) is 0 Å². The molecule has 1 aromatic heterocycles. The summed E-state index contributed by atoms with van der Waals surface area (Å²) in [5.41, 5.74) is 3.30. The third-order valence-corrected chi connectivity index (χ3v) is 4.52. The largest absolute Gasteiger partial charge is 0.454 e.